The Morgan fingerprint density at radius 2 is 1.38 bits per heavy atom. The zero-order valence-corrected chi connectivity index (χ0v) is 19.0. The summed E-state index contributed by atoms with van der Waals surface area (Å²) in [4.78, 5) is 28.3. The predicted octanol–water partition coefficient (Wildman–Crippen LogP) is 5.57. The molecular weight excluding hydrogens is 396 g/mol. The van der Waals surface area contributed by atoms with E-state index in [9.17, 15) is 9.59 Å². The number of nitrogens with one attached hydrogen (secondary N) is 1. The van der Waals surface area contributed by atoms with E-state index in [1.165, 1.54) is 10.5 Å². The number of carbonyl (C=O) groups excluding carboxylic acids is 2. The normalized spacial score (nSPS) is 13.8. The lowest BCUT2D eigenvalue weighted by molar-refractivity contribution is -0.137. The third-order valence-corrected chi connectivity index (χ3v) is 5.91. The van der Waals surface area contributed by atoms with Crippen LogP contribution < -0.4 is 5.32 Å². The molecule has 1 N–H and O–H groups in total. The highest BCUT2D eigenvalue weighted by atomic mass is 16.2. The largest absolute Gasteiger partial charge is 0.350 e. The summed E-state index contributed by atoms with van der Waals surface area (Å²) >= 11 is 0. The first-order chi connectivity index (χ1) is 15.4. The molecule has 0 unspecified atom stereocenters. The molecular formula is C28H28N2O2. The van der Waals surface area contributed by atoms with Crippen molar-refractivity contribution in [3.8, 4) is 0 Å². The molecule has 0 atom stereocenters. The van der Waals surface area contributed by atoms with Crippen LogP contribution in [-0.4, -0.2) is 16.7 Å². The average Bonchev–Trinajstić information content (AvgIpc) is 3.00. The van der Waals surface area contributed by atoms with Crippen LogP contribution in [0.2, 0.25) is 0 Å². The van der Waals surface area contributed by atoms with Crippen molar-refractivity contribution < 1.29 is 9.59 Å². The molecule has 0 bridgehead atoms. The third-order valence-electron chi connectivity index (χ3n) is 5.91. The maximum Gasteiger partial charge on any atom is 0.278 e. The molecule has 3 aromatic rings. The Bertz CT molecular complexity index is 1210. The smallest absolute Gasteiger partial charge is 0.278 e. The van der Waals surface area contributed by atoms with Gasteiger partial charge >= 0.3 is 0 Å². The Balaban J connectivity index is 1.75. The zero-order chi connectivity index (χ0) is 22.8. The minimum Gasteiger partial charge on any atom is -0.350 e. The standard InChI is InChI=1S/C28H28N2O2/c1-5-21-11-13-23(14-12-21)29-26-25(24-15-8-19(3)16-20(24)4)27(31)30(28(26)32)17-22-9-6-18(2)7-10-22/h6-16,29H,5,17H2,1-4H3. The first kappa shape index (κ1) is 21.6. The van der Waals surface area contributed by atoms with E-state index in [1.807, 2.05) is 87.5 Å². The van der Waals surface area contributed by atoms with E-state index in [0.29, 0.717) is 11.3 Å². The second-order valence-corrected chi connectivity index (χ2v) is 8.43. The predicted molar refractivity (Wildman–Crippen MR) is 129 cm³/mol. The number of hydrogen-bond donors (Lipinski definition) is 1. The fraction of sp³-hybridized carbons (Fsp3) is 0.214. The second-order valence-electron chi connectivity index (χ2n) is 8.43. The highest BCUT2D eigenvalue weighted by Crippen LogP contribution is 2.33. The summed E-state index contributed by atoms with van der Waals surface area (Å²) < 4.78 is 0. The Labute approximate surface area is 189 Å². The van der Waals surface area contributed by atoms with Crippen molar-refractivity contribution in [1.82, 2.24) is 4.90 Å². The van der Waals surface area contributed by atoms with E-state index in [1.54, 1.807) is 0 Å². The van der Waals surface area contributed by atoms with Gasteiger partial charge in [-0.25, -0.2) is 0 Å². The van der Waals surface area contributed by atoms with Gasteiger partial charge in [0, 0.05) is 5.69 Å². The molecule has 0 aliphatic carbocycles. The van der Waals surface area contributed by atoms with E-state index < -0.39 is 0 Å². The van der Waals surface area contributed by atoms with Crippen LogP contribution in [0.5, 0.6) is 0 Å². The lowest BCUT2D eigenvalue weighted by Gasteiger charge is -2.16. The summed E-state index contributed by atoms with van der Waals surface area (Å²) in [5, 5.41) is 3.26. The van der Waals surface area contributed by atoms with Gasteiger partial charge in [-0.1, -0.05) is 72.6 Å². The molecule has 2 amide bonds. The molecule has 1 heterocycles. The van der Waals surface area contributed by atoms with Crippen molar-refractivity contribution in [1.29, 1.82) is 0 Å². The van der Waals surface area contributed by atoms with Crippen molar-refractivity contribution in [2.24, 2.45) is 0 Å². The van der Waals surface area contributed by atoms with Gasteiger partial charge in [-0.05, 0) is 61.6 Å². The van der Waals surface area contributed by atoms with Gasteiger partial charge in [0.2, 0.25) is 0 Å². The van der Waals surface area contributed by atoms with E-state index in [0.717, 1.165) is 39.9 Å². The highest BCUT2D eigenvalue weighted by Gasteiger charge is 2.39. The van der Waals surface area contributed by atoms with Gasteiger partial charge in [0.1, 0.15) is 5.70 Å². The van der Waals surface area contributed by atoms with Crippen molar-refractivity contribution >= 4 is 23.1 Å². The Morgan fingerprint density at radius 3 is 2.00 bits per heavy atom. The SMILES string of the molecule is CCc1ccc(NC2=C(c3ccc(C)cc3C)C(=O)N(Cc3ccc(C)cc3)C2=O)cc1. The number of anilines is 1. The number of rotatable bonds is 6. The van der Waals surface area contributed by atoms with Crippen LogP contribution in [0.25, 0.3) is 5.57 Å². The maximum absolute atomic E-state index is 13.5. The topological polar surface area (TPSA) is 49.4 Å². The van der Waals surface area contributed by atoms with Gasteiger partial charge in [-0.2, -0.15) is 0 Å². The number of carbonyl (C=O) groups is 2. The van der Waals surface area contributed by atoms with Crippen LogP contribution in [0.4, 0.5) is 5.69 Å². The summed E-state index contributed by atoms with van der Waals surface area (Å²) in [6, 6.07) is 21.8. The maximum atomic E-state index is 13.5. The van der Waals surface area contributed by atoms with Crippen LogP contribution >= 0.6 is 0 Å². The fourth-order valence-electron chi connectivity index (χ4n) is 4.02. The molecule has 0 spiro atoms. The Hall–Kier alpha value is -3.66. The zero-order valence-electron chi connectivity index (χ0n) is 19.0. The van der Waals surface area contributed by atoms with Crippen LogP contribution in [0.15, 0.2) is 72.4 Å². The van der Waals surface area contributed by atoms with Gasteiger partial charge in [0.05, 0.1) is 12.1 Å². The summed E-state index contributed by atoms with van der Waals surface area (Å²) in [6.45, 7) is 8.35. The molecule has 4 heteroatoms. The van der Waals surface area contributed by atoms with Gasteiger partial charge in [0.15, 0.2) is 0 Å². The second kappa shape index (κ2) is 8.83. The molecule has 3 aromatic carbocycles. The van der Waals surface area contributed by atoms with Gasteiger partial charge in [-0.3, -0.25) is 14.5 Å². The van der Waals surface area contributed by atoms with Crippen molar-refractivity contribution in [3.05, 3.63) is 106 Å². The van der Waals surface area contributed by atoms with E-state index in [4.69, 9.17) is 0 Å². The molecule has 4 rings (SSSR count). The van der Waals surface area contributed by atoms with Gasteiger partial charge < -0.3 is 5.32 Å². The van der Waals surface area contributed by atoms with Crippen LogP contribution in [-0.2, 0) is 22.6 Å². The van der Waals surface area contributed by atoms with Gasteiger partial charge in [0.25, 0.3) is 11.8 Å². The lowest BCUT2D eigenvalue weighted by atomic mass is 9.97. The number of nitrogens with zero attached hydrogens (tertiary/aromatic N) is 1. The molecule has 32 heavy (non-hydrogen) atoms. The minimum absolute atomic E-state index is 0.242. The molecule has 1 aliphatic heterocycles. The van der Waals surface area contributed by atoms with Crippen LogP contribution in [0.1, 0.15) is 40.3 Å². The molecule has 0 radical (unpaired) electrons. The molecule has 0 saturated carbocycles. The summed E-state index contributed by atoms with van der Waals surface area (Å²) in [6.07, 6.45) is 0.943. The van der Waals surface area contributed by atoms with Crippen LogP contribution in [0, 0.1) is 20.8 Å². The van der Waals surface area contributed by atoms with E-state index >= 15 is 0 Å². The number of imide groups is 1. The van der Waals surface area contributed by atoms with E-state index in [-0.39, 0.29) is 18.4 Å². The molecule has 0 aromatic heterocycles. The summed E-state index contributed by atoms with van der Waals surface area (Å²) in [5.41, 5.74) is 7.70. The molecule has 162 valence electrons. The number of amides is 2. The highest BCUT2D eigenvalue weighted by molar-refractivity contribution is 6.36. The number of aryl methyl sites for hydroxylation is 4. The lowest BCUT2D eigenvalue weighted by Crippen LogP contribution is -2.32. The Morgan fingerprint density at radius 1 is 0.750 bits per heavy atom. The first-order valence-electron chi connectivity index (χ1n) is 11.0. The van der Waals surface area contributed by atoms with Crippen molar-refractivity contribution in [3.63, 3.8) is 0 Å². The fourth-order valence-corrected chi connectivity index (χ4v) is 4.02. The Kier molecular flexibility index (Phi) is 5.95. The quantitative estimate of drug-likeness (QED) is 0.527. The number of benzene rings is 3. The number of hydrogen-bond acceptors (Lipinski definition) is 3. The monoisotopic (exact) mass is 424 g/mol. The minimum atomic E-state index is -0.301. The molecule has 4 nitrogen and oxygen atoms in total. The molecule has 1 aliphatic rings. The van der Waals surface area contributed by atoms with Gasteiger partial charge in [-0.15, -0.1) is 0 Å². The van der Waals surface area contributed by atoms with Crippen LogP contribution in [0.3, 0.4) is 0 Å². The summed E-state index contributed by atoms with van der Waals surface area (Å²) in [7, 11) is 0. The average molecular weight is 425 g/mol. The first-order valence-corrected chi connectivity index (χ1v) is 11.0. The van der Waals surface area contributed by atoms with Crippen molar-refractivity contribution in [2.45, 2.75) is 40.7 Å². The molecule has 0 fully saturated rings. The van der Waals surface area contributed by atoms with E-state index in [2.05, 4.69) is 12.2 Å². The third kappa shape index (κ3) is 4.22. The van der Waals surface area contributed by atoms with Crippen molar-refractivity contribution in [2.75, 3.05) is 5.32 Å². The summed E-state index contributed by atoms with van der Waals surface area (Å²) in [5.74, 6) is -0.569. The molecule has 0 saturated heterocycles.